The van der Waals surface area contributed by atoms with Crippen LogP contribution in [0.15, 0.2) is 36.0 Å². The largest absolute Gasteiger partial charge is 0.488 e. The Morgan fingerprint density at radius 3 is 2.88 bits per heavy atom. The van der Waals surface area contributed by atoms with Crippen LogP contribution in [0.2, 0.25) is 5.02 Å². The second-order valence-corrected chi connectivity index (χ2v) is 8.24. The third-order valence-corrected chi connectivity index (χ3v) is 6.11. The predicted octanol–water partition coefficient (Wildman–Crippen LogP) is 3.45. The molecule has 1 N–H and O–H groups in total. The van der Waals surface area contributed by atoms with Gasteiger partial charge in [0.2, 0.25) is 0 Å². The van der Waals surface area contributed by atoms with Crippen LogP contribution in [0.1, 0.15) is 17.7 Å². The van der Waals surface area contributed by atoms with Crippen LogP contribution in [-0.4, -0.2) is 40.3 Å². The molecule has 24 heavy (non-hydrogen) atoms. The molecule has 2 aromatic rings. The number of ether oxygens (including phenoxy) is 1. The maximum atomic E-state index is 10.5. The molecule has 2 fully saturated rings. The fourth-order valence-corrected chi connectivity index (χ4v) is 4.82. The Kier molecular flexibility index (Phi) is 4.77. The minimum absolute atomic E-state index is 0.145. The van der Waals surface area contributed by atoms with Crippen molar-refractivity contribution >= 4 is 22.9 Å². The highest BCUT2D eigenvalue weighted by Gasteiger charge is 2.42. The Morgan fingerprint density at radius 2 is 2.12 bits per heavy atom. The van der Waals surface area contributed by atoms with Crippen molar-refractivity contribution in [2.75, 3.05) is 13.1 Å². The van der Waals surface area contributed by atoms with Crippen LogP contribution in [0, 0.1) is 11.8 Å². The maximum absolute atomic E-state index is 10.5. The van der Waals surface area contributed by atoms with Gasteiger partial charge in [0.1, 0.15) is 11.9 Å². The Bertz CT molecular complexity index is 681. The zero-order valence-corrected chi connectivity index (χ0v) is 14.9. The highest BCUT2D eigenvalue weighted by Crippen LogP contribution is 2.38. The molecule has 1 saturated carbocycles. The first-order valence-electron chi connectivity index (χ1n) is 8.37. The fraction of sp³-hybridized carbons (Fsp3) is 0.500. The van der Waals surface area contributed by atoms with Gasteiger partial charge in [-0.2, -0.15) is 0 Å². The van der Waals surface area contributed by atoms with Gasteiger partial charge in [-0.1, -0.05) is 17.7 Å². The minimum Gasteiger partial charge on any atom is -0.488 e. The van der Waals surface area contributed by atoms with Gasteiger partial charge in [-0.05, 0) is 42.9 Å². The lowest BCUT2D eigenvalue weighted by Gasteiger charge is -2.35. The van der Waals surface area contributed by atoms with Crippen molar-refractivity contribution in [1.82, 2.24) is 9.88 Å². The van der Waals surface area contributed by atoms with Crippen molar-refractivity contribution in [3.05, 3.63) is 45.9 Å². The van der Waals surface area contributed by atoms with E-state index in [1.165, 1.54) is 4.88 Å². The van der Waals surface area contributed by atoms with E-state index in [1.807, 2.05) is 36.0 Å². The van der Waals surface area contributed by atoms with Gasteiger partial charge >= 0.3 is 0 Å². The molecule has 0 spiro atoms. The number of rotatable bonds is 4. The van der Waals surface area contributed by atoms with Gasteiger partial charge in [0.15, 0.2) is 0 Å². The van der Waals surface area contributed by atoms with Crippen LogP contribution >= 0.6 is 22.9 Å². The molecule has 0 unspecified atom stereocenters. The molecule has 1 aromatic carbocycles. The second kappa shape index (κ2) is 7.00. The highest BCUT2D eigenvalue weighted by molar-refractivity contribution is 7.09. The Morgan fingerprint density at radius 1 is 1.29 bits per heavy atom. The number of benzene rings is 1. The molecule has 6 heteroatoms. The zero-order chi connectivity index (χ0) is 16.5. The van der Waals surface area contributed by atoms with Crippen molar-refractivity contribution in [3.8, 4) is 5.75 Å². The molecule has 4 nitrogen and oxygen atoms in total. The lowest BCUT2D eigenvalue weighted by Crippen LogP contribution is -2.42. The standard InChI is InChI=1S/C18H21ClN2O2S/c19-14-2-1-3-15(6-14)23-18-5-13-9-21(8-12(13)4-17(18)22)10-16-7-20-11-24-16/h1-3,6-7,11-13,17-18,22H,4-5,8-10H2/t12-,13+,17+,18+/m0/s1. The van der Waals surface area contributed by atoms with Gasteiger partial charge < -0.3 is 9.84 Å². The van der Waals surface area contributed by atoms with E-state index in [-0.39, 0.29) is 6.10 Å². The summed E-state index contributed by atoms with van der Waals surface area (Å²) < 4.78 is 6.04. The monoisotopic (exact) mass is 364 g/mol. The zero-order valence-electron chi connectivity index (χ0n) is 13.3. The number of likely N-dealkylation sites (tertiary alicyclic amines) is 1. The average molecular weight is 365 g/mol. The number of halogens is 1. The van der Waals surface area contributed by atoms with Crippen molar-refractivity contribution in [3.63, 3.8) is 0 Å². The first-order valence-corrected chi connectivity index (χ1v) is 9.63. The third-order valence-electron chi connectivity index (χ3n) is 5.11. The van der Waals surface area contributed by atoms with Crippen molar-refractivity contribution < 1.29 is 9.84 Å². The summed E-state index contributed by atoms with van der Waals surface area (Å²) in [5.74, 6) is 1.89. The summed E-state index contributed by atoms with van der Waals surface area (Å²) in [6, 6.07) is 7.42. The number of hydrogen-bond acceptors (Lipinski definition) is 5. The first kappa shape index (κ1) is 16.3. The molecule has 2 aliphatic rings. The lowest BCUT2D eigenvalue weighted by molar-refractivity contribution is -0.0231. The van der Waals surface area contributed by atoms with Gasteiger partial charge in [-0.15, -0.1) is 11.3 Å². The van der Waals surface area contributed by atoms with Gasteiger partial charge in [0.25, 0.3) is 0 Å². The molecule has 1 aliphatic carbocycles. The van der Waals surface area contributed by atoms with Crippen LogP contribution in [0.4, 0.5) is 0 Å². The van der Waals surface area contributed by atoms with E-state index in [2.05, 4.69) is 9.88 Å². The molecule has 4 atom stereocenters. The summed E-state index contributed by atoms with van der Waals surface area (Å²) in [6.45, 7) is 3.10. The third kappa shape index (κ3) is 3.59. The van der Waals surface area contributed by atoms with E-state index in [4.69, 9.17) is 16.3 Å². The molecule has 0 amide bonds. The summed E-state index contributed by atoms with van der Waals surface area (Å²) in [5.41, 5.74) is 1.89. The summed E-state index contributed by atoms with van der Waals surface area (Å²) in [4.78, 5) is 7.94. The molecule has 1 aliphatic heterocycles. The van der Waals surface area contributed by atoms with Crippen LogP contribution in [0.3, 0.4) is 0 Å². The normalized spacial score (nSPS) is 30.2. The van der Waals surface area contributed by atoms with Crippen LogP contribution in [-0.2, 0) is 6.54 Å². The summed E-state index contributed by atoms with van der Waals surface area (Å²) in [5, 5.41) is 11.2. The van der Waals surface area contributed by atoms with E-state index < -0.39 is 6.10 Å². The Labute approximate surface area is 151 Å². The number of aliphatic hydroxyl groups is 1. The number of aromatic nitrogens is 1. The quantitative estimate of drug-likeness (QED) is 0.902. The smallest absolute Gasteiger partial charge is 0.125 e. The van der Waals surface area contributed by atoms with Crippen molar-refractivity contribution in [2.24, 2.45) is 11.8 Å². The second-order valence-electron chi connectivity index (χ2n) is 6.83. The Balaban J connectivity index is 1.38. The molecule has 2 heterocycles. The SMILES string of the molecule is O[C@@H]1C[C@H]2CN(Cc3cncs3)C[C@H]2C[C@H]1Oc1cccc(Cl)c1. The number of nitrogens with zero attached hydrogens (tertiary/aromatic N) is 2. The lowest BCUT2D eigenvalue weighted by atomic mass is 9.78. The topological polar surface area (TPSA) is 45.6 Å². The van der Waals surface area contributed by atoms with Crippen molar-refractivity contribution in [1.29, 1.82) is 0 Å². The van der Waals surface area contributed by atoms with Gasteiger partial charge in [0, 0.05) is 35.7 Å². The molecule has 1 aromatic heterocycles. The van der Waals surface area contributed by atoms with E-state index in [0.717, 1.165) is 38.2 Å². The van der Waals surface area contributed by atoms with Gasteiger partial charge in [0.05, 0.1) is 11.6 Å². The first-order chi connectivity index (χ1) is 11.7. The van der Waals surface area contributed by atoms with Crippen LogP contribution < -0.4 is 4.74 Å². The summed E-state index contributed by atoms with van der Waals surface area (Å²) in [6.07, 6.45) is 3.11. The van der Waals surface area contributed by atoms with E-state index in [9.17, 15) is 5.11 Å². The fourth-order valence-electron chi connectivity index (χ4n) is 4.00. The van der Waals surface area contributed by atoms with Crippen LogP contribution in [0.5, 0.6) is 5.75 Å². The number of fused-ring (bicyclic) bond motifs is 1. The summed E-state index contributed by atoms with van der Waals surface area (Å²) in [7, 11) is 0. The highest BCUT2D eigenvalue weighted by atomic mass is 35.5. The van der Waals surface area contributed by atoms with Gasteiger partial charge in [-0.3, -0.25) is 9.88 Å². The van der Waals surface area contributed by atoms with Crippen molar-refractivity contribution in [2.45, 2.75) is 31.6 Å². The molecule has 1 saturated heterocycles. The van der Waals surface area contributed by atoms with Crippen LogP contribution in [0.25, 0.3) is 0 Å². The molecule has 128 valence electrons. The number of hydrogen-bond donors (Lipinski definition) is 1. The molecular weight excluding hydrogens is 344 g/mol. The maximum Gasteiger partial charge on any atom is 0.125 e. The molecular formula is C18H21ClN2O2S. The van der Waals surface area contributed by atoms with E-state index in [0.29, 0.717) is 16.9 Å². The van der Waals surface area contributed by atoms with Gasteiger partial charge in [-0.25, -0.2) is 0 Å². The van der Waals surface area contributed by atoms with E-state index >= 15 is 0 Å². The summed E-state index contributed by atoms with van der Waals surface area (Å²) >= 11 is 7.73. The Hall–Kier alpha value is -1.14. The molecule has 4 rings (SSSR count). The van der Waals surface area contributed by atoms with E-state index in [1.54, 1.807) is 11.3 Å². The minimum atomic E-state index is -0.409. The number of thiazole rings is 1. The number of aliphatic hydroxyl groups excluding tert-OH is 1. The molecule has 0 bridgehead atoms. The average Bonchev–Trinajstić information content (AvgIpc) is 3.17. The molecule has 0 radical (unpaired) electrons. The predicted molar refractivity (Wildman–Crippen MR) is 95.5 cm³/mol.